The van der Waals surface area contributed by atoms with Gasteiger partial charge in [0, 0.05) is 25.2 Å². The SMILES string of the molecule is CCN1CCC2CCC(C1)N2c1ccc(C#N)nn1. The second-order valence-corrected chi connectivity index (χ2v) is 5.36. The molecule has 2 aliphatic heterocycles. The van der Waals surface area contributed by atoms with Crippen molar-refractivity contribution in [2.45, 2.75) is 38.3 Å². The molecule has 0 N–H and O–H groups in total. The molecule has 3 rings (SSSR count). The van der Waals surface area contributed by atoms with E-state index in [2.05, 4.69) is 26.9 Å². The van der Waals surface area contributed by atoms with Gasteiger partial charge in [0.05, 0.1) is 0 Å². The summed E-state index contributed by atoms with van der Waals surface area (Å²) in [6.07, 6.45) is 3.69. The standard InChI is InChI=1S/C14H19N5/c1-2-18-8-7-12-4-5-13(10-18)19(12)14-6-3-11(9-15)16-17-14/h3,6,12-13H,2,4-5,7-8,10H2,1H3. The van der Waals surface area contributed by atoms with Gasteiger partial charge in [0.1, 0.15) is 6.07 Å². The summed E-state index contributed by atoms with van der Waals surface area (Å²) in [7, 11) is 0. The monoisotopic (exact) mass is 257 g/mol. The first-order valence-electron chi connectivity index (χ1n) is 7.06. The summed E-state index contributed by atoms with van der Waals surface area (Å²) in [6, 6.07) is 6.87. The van der Waals surface area contributed by atoms with Gasteiger partial charge in [0.2, 0.25) is 0 Å². The van der Waals surface area contributed by atoms with Gasteiger partial charge in [-0.1, -0.05) is 6.92 Å². The van der Waals surface area contributed by atoms with Crippen molar-refractivity contribution < 1.29 is 0 Å². The largest absolute Gasteiger partial charge is 0.348 e. The molecule has 0 spiro atoms. The molecule has 2 bridgehead atoms. The summed E-state index contributed by atoms with van der Waals surface area (Å²) < 4.78 is 0. The number of nitrogens with zero attached hydrogens (tertiary/aromatic N) is 5. The quantitative estimate of drug-likeness (QED) is 0.802. The van der Waals surface area contributed by atoms with Crippen LogP contribution in [0.1, 0.15) is 31.9 Å². The van der Waals surface area contributed by atoms with Crippen LogP contribution in [0.4, 0.5) is 5.82 Å². The molecule has 5 heteroatoms. The van der Waals surface area contributed by atoms with Crippen molar-refractivity contribution in [2.24, 2.45) is 0 Å². The topological polar surface area (TPSA) is 56.0 Å². The normalized spacial score (nSPS) is 27.1. The zero-order valence-electron chi connectivity index (χ0n) is 11.3. The van der Waals surface area contributed by atoms with Gasteiger partial charge in [-0.05, 0) is 37.9 Å². The Kier molecular flexibility index (Phi) is 3.34. The van der Waals surface area contributed by atoms with Crippen LogP contribution in [-0.2, 0) is 0 Å². The van der Waals surface area contributed by atoms with Gasteiger partial charge in [-0.2, -0.15) is 5.26 Å². The summed E-state index contributed by atoms with van der Waals surface area (Å²) in [5, 5.41) is 17.0. The molecule has 1 aromatic heterocycles. The van der Waals surface area contributed by atoms with Crippen molar-refractivity contribution in [3.8, 4) is 6.07 Å². The highest BCUT2D eigenvalue weighted by Gasteiger charge is 2.37. The fourth-order valence-electron chi connectivity index (χ4n) is 3.33. The third-order valence-electron chi connectivity index (χ3n) is 4.34. The zero-order valence-corrected chi connectivity index (χ0v) is 11.3. The first-order valence-corrected chi connectivity index (χ1v) is 7.06. The minimum absolute atomic E-state index is 0.390. The lowest BCUT2D eigenvalue weighted by molar-refractivity contribution is 0.273. The Morgan fingerprint density at radius 1 is 1.26 bits per heavy atom. The van der Waals surface area contributed by atoms with E-state index in [1.165, 1.54) is 25.8 Å². The van der Waals surface area contributed by atoms with Gasteiger partial charge in [-0.25, -0.2) is 0 Å². The van der Waals surface area contributed by atoms with Gasteiger partial charge < -0.3 is 9.80 Å². The third-order valence-corrected chi connectivity index (χ3v) is 4.34. The maximum absolute atomic E-state index is 8.79. The van der Waals surface area contributed by atoms with Crippen LogP contribution in [0.25, 0.3) is 0 Å². The van der Waals surface area contributed by atoms with Crippen molar-refractivity contribution in [1.29, 1.82) is 5.26 Å². The Bertz CT molecular complexity index is 478. The van der Waals surface area contributed by atoms with E-state index in [0.29, 0.717) is 17.8 Å². The molecule has 0 radical (unpaired) electrons. The number of rotatable bonds is 2. The van der Waals surface area contributed by atoms with Crippen LogP contribution >= 0.6 is 0 Å². The van der Waals surface area contributed by atoms with Crippen molar-refractivity contribution in [2.75, 3.05) is 24.5 Å². The predicted molar refractivity (Wildman–Crippen MR) is 72.8 cm³/mol. The van der Waals surface area contributed by atoms with Crippen LogP contribution in [0, 0.1) is 11.3 Å². The molecular weight excluding hydrogens is 238 g/mol. The maximum atomic E-state index is 8.79. The van der Waals surface area contributed by atoms with E-state index in [1.54, 1.807) is 6.07 Å². The number of aromatic nitrogens is 2. The molecule has 5 nitrogen and oxygen atoms in total. The van der Waals surface area contributed by atoms with Crippen LogP contribution in [0.2, 0.25) is 0 Å². The summed E-state index contributed by atoms with van der Waals surface area (Å²) in [5.41, 5.74) is 0.390. The second kappa shape index (κ2) is 5.14. The molecule has 100 valence electrons. The van der Waals surface area contributed by atoms with Crippen LogP contribution in [0.15, 0.2) is 12.1 Å². The molecule has 19 heavy (non-hydrogen) atoms. The van der Waals surface area contributed by atoms with Crippen LogP contribution in [0.3, 0.4) is 0 Å². The van der Waals surface area contributed by atoms with Gasteiger partial charge >= 0.3 is 0 Å². The average molecular weight is 257 g/mol. The van der Waals surface area contributed by atoms with E-state index in [9.17, 15) is 0 Å². The number of fused-ring (bicyclic) bond motifs is 2. The molecule has 2 atom stereocenters. The van der Waals surface area contributed by atoms with Crippen molar-refractivity contribution in [1.82, 2.24) is 15.1 Å². The molecule has 0 aromatic carbocycles. The lowest BCUT2D eigenvalue weighted by Crippen LogP contribution is -2.39. The number of nitriles is 1. The van der Waals surface area contributed by atoms with E-state index < -0.39 is 0 Å². The van der Waals surface area contributed by atoms with E-state index >= 15 is 0 Å². The Labute approximate surface area is 113 Å². The summed E-state index contributed by atoms with van der Waals surface area (Å²) >= 11 is 0. The molecule has 2 fully saturated rings. The maximum Gasteiger partial charge on any atom is 0.163 e. The van der Waals surface area contributed by atoms with Gasteiger partial charge in [-0.15, -0.1) is 10.2 Å². The second-order valence-electron chi connectivity index (χ2n) is 5.36. The predicted octanol–water partition coefficient (Wildman–Crippen LogP) is 1.41. The number of hydrogen-bond donors (Lipinski definition) is 0. The fourth-order valence-corrected chi connectivity index (χ4v) is 3.33. The molecule has 2 aliphatic rings. The molecule has 0 amide bonds. The van der Waals surface area contributed by atoms with Crippen LogP contribution < -0.4 is 4.90 Å². The Morgan fingerprint density at radius 2 is 2.11 bits per heavy atom. The fraction of sp³-hybridized carbons (Fsp3) is 0.643. The minimum atomic E-state index is 0.390. The highest BCUT2D eigenvalue weighted by molar-refractivity contribution is 5.43. The minimum Gasteiger partial charge on any atom is -0.348 e. The van der Waals surface area contributed by atoms with Crippen LogP contribution in [-0.4, -0.2) is 46.8 Å². The molecule has 0 saturated carbocycles. The number of anilines is 1. The zero-order chi connectivity index (χ0) is 13.2. The number of hydrogen-bond acceptors (Lipinski definition) is 5. The lowest BCUT2D eigenvalue weighted by Gasteiger charge is -2.29. The summed E-state index contributed by atoms with van der Waals surface area (Å²) in [5.74, 6) is 0.935. The van der Waals surface area contributed by atoms with E-state index in [0.717, 1.165) is 18.9 Å². The van der Waals surface area contributed by atoms with Crippen molar-refractivity contribution in [3.05, 3.63) is 17.8 Å². The van der Waals surface area contributed by atoms with E-state index in [1.807, 2.05) is 12.1 Å². The third kappa shape index (κ3) is 2.28. The Hall–Kier alpha value is -1.67. The van der Waals surface area contributed by atoms with Crippen molar-refractivity contribution in [3.63, 3.8) is 0 Å². The van der Waals surface area contributed by atoms with Crippen molar-refractivity contribution >= 4 is 5.82 Å². The molecule has 1 aromatic rings. The van der Waals surface area contributed by atoms with Gasteiger partial charge in [0.15, 0.2) is 11.5 Å². The first-order chi connectivity index (χ1) is 9.31. The molecule has 2 saturated heterocycles. The number of likely N-dealkylation sites (tertiary alicyclic amines) is 1. The molecule has 3 heterocycles. The smallest absolute Gasteiger partial charge is 0.163 e. The molecular formula is C14H19N5. The molecule has 0 aliphatic carbocycles. The highest BCUT2D eigenvalue weighted by Crippen LogP contribution is 2.33. The van der Waals surface area contributed by atoms with Crippen LogP contribution in [0.5, 0.6) is 0 Å². The summed E-state index contributed by atoms with van der Waals surface area (Å²) in [6.45, 7) is 5.65. The Balaban J connectivity index is 1.85. The molecule has 2 unspecified atom stereocenters. The van der Waals surface area contributed by atoms with E-state index in [-0.39, 0.29) is 0 Å². The van der Waals surface area contributed by atoms with Gasteiger partial charge in [0.25, 0.3) is 0 Å². The Morgan fingerprint density at radius 3 is 2.79 bits per heavy atom. The van der Waals surface area contributed by atoms with E-state index in [4.69, 9.17) is 5.26 Å². The summed E-state index contributed by atoms with van der Waals surface area (Å²) in [4.78, 5) is 4.96. The van der Waals surface area contributed by atoms with Gasteiger partial charge in [-0.3, -0.25) is 0 Å². The lowest BCUT2D eigenvalue weighted by atomic mass is 10.1. The highest BCUT2D eigenvalue weighted by atomic mass is 15.3. The average Bonchev–Trinajstić information content (AvgIpc) is 2.74. The number of likely N-dealkylation sites (N-methyl/N-ethyl adjacent to an activating group) is 1. The first kappa shape index (κ1) is 12.4.